The Hall–Kier alpha value is -0.980. The van der Waals surface area contributed by atoms with Crippen molar-refractivity contribution in [3.05, 3.63) is 35.4 Å². The summed E-state index contributed by atoms with van der Waals surface area (Å²) >= 11 is 0. The van der Waals surface area contributed by atoms with Gasteiger partial charge in [-0.2, -0.15) is 0 Å². The third-order valence-electron chi connectivity index (χ3n) is 4.84. The molecule has 0 bridgehead atoms. The van der Waals surface area contributed by atoms with E-state index in [1.54, 1.807) is 0 Å². The SMILES string of the molecule is OC[C@H]1C(O)C(O)C(O)CN1CC1Cc2ccccc2C1. The van der Waals surface area contributed by atoms with E-state index in [9.17, 15) is 20.4 Å². The molecule has 1 saturated heterocycles. The number of hydrogen-bond acceptors (Lipinski definition) is 5. The van der Waals surface area contributed by atoms with Crippen molar-refractivity contribution in [2.75, 3.05) is 19.7 Å². The van der Waals surface area contributed by atoms with Gasteiger partial charge in [-0.1, -0.05) is 24.3 Å². The maximum absolute atomic E-state index is 10.0. The highest BCUT2D eigenvalue weighted by molar-refractivity contribution is 5.32. The summed E-state index contributed by atoms with van der Waals surface area (Å²) in [6, 6.07) is 7.86. The Labute approximate surface area is 124 Å². The number of likely N-dealkylation sites (tertiary alicyclic amines) is 1. The minimum atomic E-state index is -1.18. The molecule has 0 radical (unpaired) electrons. The Kier molecular flexibility index (Phi) is 4.28. The quantitative estimate of drug-likeness (QED) is 0.584. The van der Waals surface area contributed by atoms with Gasteiger partial charge in [0.2, 0.25) is 0 Å². The summed E-state index contributed by atoms with van der Waals surface area (Å²) in [5.41, 5.74) is 2.72. The van der Waals surface area contributed by atoms with Crippen LogP contribution < -0.4 is 0 Å². The van der Waals surface area contributed by atoms with Crippen molar-refractivity contribution in [2.45, 2.75) is 37.2 Å². The molecule has 2 aliphatic rings. The average molecular weight is 293 g/mol. The van der Waals surface area contributed by atoms with Crippen LogP contribution in [0.3, 0.4) is 0 Å². The Morgan fingerprint density at radius 3 is 2.19 bits per heavy atom. The molecule has 1 heterocycles. The fraction of sp³-hybridized carbons (Fsp3) is 0.625. The van der Waals surface area contributed by atoms with E-state index in [1.807, 2.05) is 17.0 Å². The summed E-state index contributed by atoms with van der Waals surface area (Å²) < 4.78 is 0. The van der Waals surface area contributed by atoms with Crippen molar-refractivity contribution in [3.63, 3.8) is 0 Å². The van der Waals surface area contributed by atoms with E-state index in [0.717, 1.165) is 12.8 Å². The van der Waals surface area contributed by atoms with Gasteiger partial charge >= 0.3 is 0 Å². The first kappa shape index (κ1) is 14.9. The first-order chi connectivity index (χ1) is 10.1. The van der Waals surface area contributed by atoms with E-state index in [-0.39, 0.29) is 13.2 Å². The fourth-order valence-electron chi connectivity index (χ4n) is 3.70. The van der Waals surface area contributed by atoms with Gasteiger partial charge in [0, 0.05) is 13.1 Å². The summed E-state index contributed by atoms with van der Waals surface area (Å²) in [6.45, 7) is 0.779. The number of piperidine rings is 1. The van der Waals surface area contributed by atoms with Crippen LogP contribution in [0.15, 0.2) is 24.3 Å². The van der Waals surface area contributed by atoms with Gasteiger partial charge in [0.1, 0.15) is 12.2 Å². The molecule has 1 aromatic rings. The van der Waals surface area contributed by atoms with Crippen LogP contribution >= 0.6 is 0 Å². The molecule has 1 aliphatic carbocycles. The molecule has 0 saturated carbocycles. The summed E-state index contributed by atoms with van der Waals surface area (Å²) in [6.07, 6.45) is -1.28. The Bertz CT molecular complexity index is 470. The molecule has 3 rings (SSSR count). The molecule has 4 N–H and O–H groups in total. The molecule has 21 heavy (non-hydrogen) atoms. The molecule has 0 amide bonds. The lowest BCUT2D eigenvalue weighted by Gasteiger charge is -2.44. The molecule has 1 fully saturated rings. The highest BCUT2D eigenvalue weighted by atomic mass is 16.4. The topological polar surface area (TPSA) is 84.2 Å². The Morgan fingerprint density at radius 1 is 1.00 bits per heavy atom. The normalized spacial score (nSPS) is 34.1. The number of aliphatic hydroxyl groups excluding tert-OH is 4. The van der Waals surface area contributed by atoms with E-state index in [0.29, 0.717) is 12.5 Å². The van der Waals surface area contributed by atoms with Gasteiger partial charge in [-0.05, 0) is 29.9 Å². The van der Waals surface area contributed by atoms with Crippen LogP contribution in [0, 0.1) is 5.92 Å². The van der Waals surface area contributed by atoms with Crippen LogP contribution in [0.2, 0.25) is 0 Å². The van der Waals surface area contributed by atoms with Gasteiger partial charge in [-0.3, -0.25) is 4.90 Å². The highest BCUT2D eigenvalue weighted by Gasteiger charge is 2.41. The molecule has 5 heteroatoms. The van der Waals surface area contributed by atoms with Crippen LogP contribution in [0.1, 0.15) is 11.1 Å². The lowest BCUT2D eigenvalue weighted by Crippen LogP contribution is -2.63. The number of benzene rings is 1. The predicted molar refractivity (Wildman–Crippen MR) is 77.8 cm³/mol. The monoisotopic (exact) mass is 293 g/mol. The standard InChI is InChI=1S/C16H23NO4/c18-9-13-15(20)16(21)14(19)8-17(13)7-10-5-11-3-1-2-4-12(11)6-10/h1-4,10,13-16,18-21H,5-9H2/t13-,14?,15?,16?/m0/s1. The fourth-order valence-corrected chi connectivity index (χ4v) is 3.70. The van der Waals surface area contributed by atoms with Crippen LogP contribution in [-0.4, -0.2) is 69.4 Å². The third kappa shape index (κ3) is 2.84. The van der Waals surface area contributed by atoms with Crippen LogP contribution in [-0.2, 0) is 12.8 Å². The molecule has 116 valence electrons. The molecule has 1 aliphatic heterocycles. The van der Waals surface area contributed by atoms with Crippen molar-refractivity contribution in [2.24, 2.45) is 5.92 Å². The number of aliphatic hydroxyl groups is 4. The number of rotatable bonds is 3. The molecule has 3 unspecified atom stereocenters. The van der Waals surface area contributed by atoms with Crippen LogP contribution in [0.5, 0.6) is 0 Å². The number of fused-ring (bicyclic) bond motifs is 1. The van der Waals surface area contributed by atoms with Gasteiger partial charge in [-0.25, -0.2) is 0 Å². The maximum atomic E-state index is 10.0. The molecule has 4 atom stereocenters. The maximum Gasteiger partial charge on any atom is 0.109 e. The zero-order valence-corrected chi connectivity index (χ0v) is 12.0. The molecular weight excluding hydrogens is 270 g/mol. The first-order valence-electron chi connectivity index (χ1n) is 7.56. The second-order valence-electron chi connectivity index (χ2n) is 6.30. The summed E-state index contributed by atoms with van der Waals surface area (Å²) in [7, 11) is 0. The van der Waals surface area contributed by atoms with E-state index in [4.69, 9.17) is 0 Å². The molecule has 0 aromatic heterocycles. The van der Waals surface area contributed by atoms with E-state index in [2.05, 4.69) is 12.1 Å². The third-order valence-corrected chi connectivity index (χ3v) is 4.84. The van der Waals surface area contributed by atoms with Crippen LogP contribution in [0.4, 0.5) is 0 Å². The molecule has 1 aromatic carbocycles. The van der Waals surface area contributed by atoms with Crippen molar-refractivity contribution in [1.29, 1.82) is 0 Å². The summed E-state index contributed by atoms with van der Waals surface area (Å²) in [4.78, 5) is 1.92. The number of hydrogen-bond donors (Lipinski definition) is 4. The second kappa shape index (κ2) is 6.02. The summed E-state index contributed by atoms with van der Waals surface area (Å²) in [5.74, 6) is 0.422. The van der Waals surface area contributed by atoms with Gasteiger partial charge in [0.25, 0.3) is 0 Å². The second-order valence-corrected chi connectivity index (χ2v) is 6.30. The predicted octanol–water partition coefficient (Wildman–Crippen LogP) is -0.839. The van der Waals surface area contributed by atoms with E-state index >= 15 is 0 Å². The molecule has 0 spiro atoms. The molecular formula is C16H23NO4. The Balaban J connectivity index is 1.67. The summed E-state index contributed by atoms with van der Waals surface area (Å²) in [5, 5.41) is 39.1. The zero-order chi connectivity index (χ0) is 15.0. The number of β-amino-alcohol motifs (C(OH)–C–C–N with tert-alkyl or cyclic N) is 1. The lowest BCUT2D eigenvalue weighted by molar-refractivity contribution is -0.147. The first-order valence-corrected chi connectivity index (χ1v) is 7.56. The van der Waals surface area contributed by atoms with Crippen molar-refractivity contribution in [3.8, 4) is 0 Å². The lowest BCUT2D eigenvalue weighted by atomic mass is 9.92. The van der Waals surface area contributed by atoms with E-state index in [1.165, 1.54) is 11.1 Å². The van der Waals surface area contributed by atoms with Crippen LogP contribution in [0.25, 0.3) is 0 Å². The Morgan fingerprint density at radius 2 is 1.62 bits per heavy atom. The van der Waals surface area contributed by atoms with Crippen molar-refractivity contribution >= 4 is 0 Å². The van der Waals surface area contributed by atoms with Gasteiger partial charge in [0.15, 0.2) is 0 Å². The van der Waals surface area contributed by atoms with Gasteiger partial charge in [0.05, 0.1) is 18.8 Å². The average Bonchev–Trinajstić information content (AvgIpc) is 2.87. The number of nitrogens with zero attached hydrogens (tertiary/aromatic N) is 1. The zero-order valence-electron chi connectivity index (χ0n) is 12.0. The van der Waals surface area contributed by atoms with Crippen molar-refractivity contribution < 1.29 is 20.4 Å². The largest absolute Gasteiger partial charge is 0.395 e. The van der Waals surface area contributed by atoms with Crippen molar-refractivity contribution in [1.82, 2.24) is 4.90 Å². The minimum absolute atomic E-state index is 0.218. The highest BCUT2D eigenvalue weighted by Crippen LogP contribution is 2.29. The molecule has 5 nitrogen and oxygen atoms in total. The smallest absolute Gasteiger partial charge is 0.109 e. The van der Waals surface area contributed by atoms with Gasteiger partial charge in [-0.15, -0.1) is 0 Å². The van der Waals surface area contributed by atoms with Gasteiger partial charge < -0.3 is 20.4 Å². The van der Waals surface area contributed by atoms with E-state index < -0.39 is 24.4 Å². The minimum Gasteiger partial charge on any atom is -0.395 e.